The van der Waals surface area contributed by atoms with Crippen LogP contribution in [0.15, 0.2) is 18.2 Å². The van der Waals surface area contributed by atoms with Crippen LogP contribution in [0.5, 0.6) is 5.88 Å². The van der Waals surface area contributed by atoms with Crippen molar-refractivity contribution in [2.45, 2.75) is 63.1 Å². The minimum Gasteiger partial charge on any atom is -0.471 e. The third-order valence-corrected chi connectivity index (χ3v) is 7.80. The average molecular weight is 706 g/mol. The van der Waals surface area contributed by atoms with Crippen LogP contribution < -0.4 is 26.4 Å². The Morgan fingerprint density at radius 1 is 1.07 bits per heavy atom. The largest absolute Gasteiger partial charge is 0.471 e. The summed E-state index contributed by atoms with van der Waals surface area (Å²) in [4.78, 5) is 35.9. The number of nitrogens with one attached hydrogen (secondary N) is 4. The Bertz CT molecular complexity index is 1580. The fourth-order valence-electron chi connectivity index (χ4n) is 4.63. The summed E-state index contributed by atoms with van der Waals surface area (Å²) in [5, 5.41) is 7.32. The zero-order valence-electron chi connectivity index (χ0n) is 23.3. The molecule has 1 aromatic carbocycles. The number of rotatable bonds is 10. The molecule has 0 bridgehead atoms. The molecule has 6 N–H and O–H groups in total. The van der Waals surface area contributed by atoms with Gasteiger partial charge in [-0.05, 0) is 43.4 Å². The molecule has 1 saturated carbocycles. The van der Waals surface area contributed by atoms with Gasteiger partial charge in [-0.2, -0.15) is 36.3 Å². The number of aromatic amines is 1. The lowest BCUT2D eigenvalue weighted by molar-refractivity contribution is -0.182. The number of benzene rings is 1. The SMILES string of the molecule is NC(C(=O)NCc1ccc(Cl)c(Nc2nc3nc(OCC(F)F)c(C(=O)NC4CCC(C(F)(F)F)CC4)cc3[nH]2)c1Cl)C(F)(F)F. The standard InChI is InChI=1S/C26H25Cl2F8N7O3/c27-14-6-1-10(8-38-22(45)19(37)26(34,35)36)17(28)18(14)41-24-40-15-7-13(23(42-20(15)43-24)46-9-16(29)30)21(44)39-12-4-2-11(3-5-12)25(31,32)33/h1,6-7,11-12,16,19H,2-5,8-9,37H2,(H,38,45)(H,39,44)(H2,40,41,42,43). The molecular formula is C26H25Cl2F8N7O3. The summed E-state index contributed by atoms with van der Waals surface area (Å²) >= 11 is 12.6. The van der Waals surface area contributed by atoms with E-state index in [0.717, 1.165) is 0 Å². The normalized spacial score (nSPS) is 18.0. The highest BCUT2D eigenvalue weighted by Crippen LogP contribution is 2.38. The number of alkyl halides is 8. The molecule has 46 heavy (non-hydrogen) atoms. The maximum atomic E-state index is 13.1. The summed E-state index contributed by atoms with van der Waals surface area (Å²) < 4.78 is 108. The van der Waals surface area contributed by atoms with Crippen LogP contribution in [0.2, 0.25) is 10.0 Å². The smallest absolute Gasteiger partial charge is 0.412 e. The highest BCUT2D eigenvalue weighted by molar-refractivity contribution is 6.39. The molecule has 2 heterocycles. The maximum Gasteiger partial charge on any atom is 0.412 e. The second kappa shape index (κ2) is 14.0. The van der Waals surface area contributed by atoms with Crippen molar-refractivity contribution in [2.75, 3.05) is 11.9 Å². The van der Waals surface area contributed by atoms with Gasteiger partial charge in [0.15, 0.2) is 18.3 Å². The molecule has 0 spiro atoms. The molecule has 1 aliphatic carbocycles. The first-order valence-corrected chi connectivity index (χ1v) is 14.2. The fraction of sp³-hybridized carbons (Fsp3) is 0.462. The molecular weight excluding hydrogens is 681 g/mol. The topological polar surface area (TPSA) is 147 Å². The second-order valence-corrected chi connectivity index (χ2v) is 11.1. The summed E-state index contributed by atoms with van der Waals surface area (Å²) in [6.45, 7) is -1.57. The summed E-state index contributed by atoms with van der Waals surface area (Å²) in [7, 11) is 0. The van der Waals surface area contributed by atoms with Crippen molar-refractivity contribution in [1.82, 2.24) is 25.6 Å². The molecule has 3 aromatic rings. The number of nitrogens with zero attached hydrogens (tertiary/aromatic N) is 2. The molecule has 1 unspecified atom stereocenters. The third kappa shape index (κ3) is 8.58. The third-order valence-electron chi connectivity index (χ3n) is 7.06. The van der Waals surface area contributed by atoms with Crippen LogP contribution in [0.1, 0.15) is 41.6 Å². The number of fused-ring (bicyclic) bond motifs is 1. The highest BCUT2D eigenvalue weighted by atomic mass is 35.5. The van der Waals surface area contributed by atoms with Crippen molar-refractivity contribution >= 4 is 57.8 Å². The first kappa shape index (κ1) is 35.2. The number of imidazole rings is 1. The average Bonchev–Trinajstić information content (AvgIpc) is 3.37. The summed E-state index contributed by atoms with van der Waals surface area (Å²) in [6.07, 6.45) is -12.5. The van der Waals surface area contributed by atoms with Gasteiger partial charge in [-0.25, -0.2) is 8.78 Å². The van der Waals surface area contributed by atoms with Gasteiger partial charge in [0, 0.05) is 12.6 Å². The number of pyridine rings is 1. The van der Waals surface area contributed by atoms with E-state index in [4.69, 9.17) is 33.7 Å². The van der Waals surface area contributed by atoms with E-state index >= 15 is 0 Å². The molecule has 10 nitrogen and oxygen atoms in total. The predicted molar refractivity (Wildman–Crippen MR) is 150 cm³/mol. The van der Waals surface area contributed by atoms with Crippen LogP contribution in [0, 0.1) is 5.92 Å². The van der Waals surface area contributed by atoms with Crippen molar-refractivity contribution < 1.29 is 49.4 Å². The van der Waals surface area contributed by atoms with Crippen LogP contribution in [-0.2, 0) is 11.3 Å². The summed E-state index contributed by atoms with van der Waals surface area (Å²) in [5.74, 6) is -4.36. The van der Waals surface area contributed by atoms with E-state index in [0.29, 0.717) is 0 Å². The van der Waals surface area contributed by atoms with E-state index in [1.54, 1.807) is 0 Å². The minimum atomic E-state index is -4.96. The van der Waals surface area contributed by atoms with Crippen molar-refractivity contribution in [1.29, 1.82) is 0 Å². The number of amides is 2. The van der Waals surface area contributed by atoms with E-state index in [1.165, 1.54) is 18.2 Å². The van der Waals surface area contributed by atoms with Crippen LogP contribution in [0.4, 0.5) is 46.8 Å². The van der Waals surface area contributed by atoms with E-state index in [9.17, 15) is 44.7 Å². The van der Waals surface area contributed by atoms with E-state index in [-0.39, 0.29) is 69.7 Å². The molecule has 1 fully saturated rings. The number of halogens is 10. The molecule has 20 heteroatoms. The molecule has 252 valence electrons. The Hall–Kier alpha value is -3.64. The van der Waals surface area contributed by atoms with Crippen molar-refractivity contribution in [3.8, 4) is 5.88 Å². The van der Waals surface area contributed by atoms with Crippen LogP contribution in [0.25, 0.3) is 11.2 Å². The predicted octanol–water partition coefficient (Wildman–Crippen LogP) is 6.01. The number of hydrogen-bond acceptors (Lipinski definition) is 7. The van der Waals surface area contributed by atoms with Gasteiger partial charge in [-0.1, -0.05) is 29.3 Å². The lowest BCUT2D eigenvalue weighted by Gasteiger charge is -2.30. The molecule has 0 aliphatic heterocycles. The summed E-state index contributed by atoms with van der Waals surface area (Å²) in [6, 6.07) is 0.530. The van der Waals surface area contributed by atoms with Crippen molar-refractivity contribution in [3.05, 3.63) is 39.4 Å². The number of anilines is 2. The molecule has 2 amide bonds. The van der Waals surface area contributed by atoms with Gasteiger partial charge in [0.1, 0.15) is 5.56 Å². The Morgan fingerprint density at radius 2 is 1.74 bits per heavy atom. The lowest BCUT2D eigenvalue weighted by atomic mass is 9.85. The van der Waals surface area contributed by atoms with Crippen LogP contribution in [-0.4, -0.2) is 64.2 Å². The van der Waals surface area contributed by atoms with E-state index in [2.05, 4.69) is 25.6 Å². The van der Waals surface area contributed by atoms with Gasteiger partial charge >= 0.3 is 12.4 Å². The first-order valence-electron chi connectivity index (χ1n) is 13.5. The molecule has 2 aromatic heterocycles. The Labute approximate surface area is 264 Å². The summed E-state index contributed by atoms with van der Waals surface area (Å²) in [5.41, 5.74) is 4.77. The number of H-pyrrole nitrogens is 1. The number of ether oxygens (including phenoxy) is 1. The molecule has 4 rings (SSSR count). The molecule has 1 atom stereocenters. The maximum absolute atomic E-state index is 13.1. The Balaban J connectivity index is 1.55. The van der Waals surface area contributed by atoms with E-state index in [1.807, 2.05) is 5.32 Å². The molecule has 1 aliphatic rings. The van der Waals surface area contributed by atoms with E-state index < -0.39 is 67.6 Å². The van der Waals surface area contributed by atoms with Crippen LogP contribution in [0.3, 0.4) is 0 Å². The molecule has 0 radical (unpaired) electrons. The van der Waals surface area contributed by atoms with Gasteiger partial charge in [0.05, 0.1) is 27.2 Å². The van der Waals surface area contributed by atoms with Gasteiger partial charge in [-0.3, -0.25) is 9.59 Å². The second-order valence-electron chi connectivity index (χ2n) is 10.3. The lowest BCUT2D eigenvalue weighted by Crippen LogP contribution is -2.49. The Kier molecular flexibility index (Phi) is 10.7. The molecule has 0 saturated heterocycles. The zero-order chi connectivity index (χ0) is 34.0. The van der Waals surface area contributed by atoms with Gasteiger partial charge in [-0.15, -0.1) is 0 Å². The number of nitrogens with two attached hydrogens (primary N) is 1. The zero-order valence-corrected chi connectivity index (χ0v) is 24.8. The number of aromatic nitrogens is 3. The first-order chi connectivity index (χ1) is 21.4. The quantitative estimate of drug-likeness (QED) is 0.162. The van der Waals surface area contributed by atoms with Crippen molar-refractivity contribution in [2.24, 2.45) is 11.7 Å². The fourth-order valence-corrected chi connectivity index (χ4v) is 5.17. The van der Waals surface area contributed by atoms with Gasteiger partial charge < -0.3 is 31.4 Å². The monoisotopic (exact) mass is 705 g/mol. The van der Waals surface area contributed by atoms with Crippen LogP contribution >= 0.6 is 23.2 Å². The minimum absolute atomic E-state index is 0.0101. The van der Waals surface area contributed by atoms with Gasteiger partial charge in [0.25, 0.3) is 12.3 Å². The number of carbonyl (C=O) groups is 2. The Morgan fingerprint density at radius 3 is 2.35 bits per heavy atom. The highest BCUT2D eigenvalue weighted by Gasteiger charge is 2.42. The number of hydrogen-bond donors (Lipinski definition) is 5. The van der Waals surface area contributed by atoms with Crippen molar-refractivity contribution in [3.63, 3.8) is 0 Å². The number of carbonyl (C=O) groups excluding carboxylic acids is 2. The van der Waals surface area contributed by atoms with Gasteiger partial charge in [0.2, 0.25) is 17.7 Å².